The second-order valence-electron chi connectivity index (χ2n) is 3.47. The van der Waals surface area contributed by atoms with Gasteiger partial charge in [0.1, 0.15) is 11.1 Å². The number of imide groups is 1. The Hall–Kier alpha value is -1.68. The van der Waals surface area contributed by atoms with Crippen molar-refractivity contribution < 1.29 is 9.59 Å². The van der Waals surface area contributed by atoms with E-state index in [0.717, 1.165) is 16.7 Å². The third-order valence-electron chi connectivity index (χ3n) is 2.34. The molecule has 1 N–H and O–H groups in total. The van der Waals surface area contributed by atoms with Crippen molar-refractivity contribution >= 4 is 52.6 Å². The molecule has 0 spiro atoms. The first-order valence-electron chi connectivity index (χ1n) is 4.85. The number of amides is 3. The Bertz CT molecular complexity index is 631. The Kier molecular flexibility index (Phi) is 3.71. The van der Waals surface area contributed by atoms with Crippen molar-refractivity contribution in [2.24, 2.45) is 0 Å². The lowest BCUT2D eigenvalue weighted by atomic mass is 10.3. The number of carbonyl (C=O) groups is 2. The Morgan fingerprint density at radius 1 is 1.32 bits per heavy atom. The van der Waals surface area contributed by atoms with Gasteiger partial charge in [0.25, 0.3) is 5.91 Å². The van der Waals surface area contributed by atoms with E-state index in [1.54, 1.807) is 0 Å². The van der Waals surface area contributed by atoms with E-state index in [-0.39, 0.29) is 15.7 Å². The van der Waals surface area contributed by atoms with Crippen LogP contribution >= 0.6 is 35.0 Å². The minimum absolute atomic E-state index is 0.0159. The summed E-state index contributed by atoms with van der Waals surface area (Å²) in [7, 11) is 0. The highest BCUT2D eigenvalue weighted by molar-refractivity contribution is 8.04. The summed E-state index contributed by atoms with van der Waals surface area (Å²) in [6.07, 6.45) is 0. The van der Waals surface area contributed by atoms with Gasteiger partial charge >= 0.3 is 6.03 Å². The van der Waals surface area contributed by atoms with E-state index in [9.17, 15) is 9.59 Å². The lowest BCUT2D eigenvalue weighted by Gasteiger charge is -2.16. The van der Waals surface area contributed by atoms with Gasteiger partial charge in [0.15, 0.2) is 0 Å². The van der Waals surface area contributed by atoms with E-state index >= 15 is 0 Å². The van der Waals surface area contributed by atoms with Crippen LogP contribution in [0.1, 0.15) is 0 Å². The fourth-order valence-electron chi connectivity index (χ4n) is 1.54. The molecule has 5 nitrogen and oxygen atoms in total. The molecule has 0 saturated carbocycles. The molecule has 0 radical (unpaired) electrons. The highest BCUT2D eigenvalue weighted by Gasteiger charge is 2.33. The molecule has 1 aromatic carbocycles. The summed E-state index contributed by atoms with van der Waals surface area (Å²) >= 11 is 12.8. The molecule has 0 unspecified atom stereocenters. The molecule has 1 fully saturated rings. The van der Waals surface area contributed by atoms with Gasteiger partial charge in [-0.25, -0.2) is 4.79 Å². The smallest absolute Gasteiger partial charge is 0.272 e. The second kappa shape index (κ2) is 5.13. The van der Waals surface area contributed by atoms with E-state index in [1.807, 2.05) is 5.40 Å². The summed E-state index contributed by atoms with van der Waals surface area (Å²) in [6.45, 7) is 3.51. The molecule has 19 heavy (non-hydrogen) atoms. The van der Waals surface area contributed by atoms with Crippen LogP contribution in [0.3, 0.4) is 0 Å². The van der Waals surface area contributed by atoms with E-state index in [1.165, 1.54) is 12.1 Å². The molecular weight excluding hydrogens is 309 g/mol. The van der Waals surface area contributed by atoms with Crippen molar-refractivity contribution in [3.05, 3.63) is 34.5 Å². The van der Waals surface area contributed by atoms with Crippen LogP contribution in [0.2, 0.25) is 10.0 Å². The predicted molar refractivity (Wildman–Crippen MR) is 73.1 cm³/mol. The highest BCUT2D eigenvalue weighted by atomic mass is 35.5. The number of benzene rings is 1. The fraction of sp³-hybridized carbons (Fsp3) is 0. The van der Waals surface area contributed by atoms with Crippen molar-refractivity contribution in [2.45, 2.75) is 4.90 Å². The van der Waals surface area contributed by atoms with Gasteiger partial charge in [-0.15, -0.1) is 0 Å². The number of thiocyanates is 1. The van der Waals surface area contributed by atoms with Gasteiger partial charge in [0.05, 0.1) is 20.6 Å². The van der Waals surface area contributed by atoms with Crippen LogP contribution in [0, 0.1) is 10.7 Å². The molecule has 0 bridgehead atoms. The number of nitriles is 1. The first kappa shape index (κ1) is 13.7. The summed E-state index contributed by atoms with van der Waals surface area (Å²) in [5, 5.41) is 13.0. The molecule has 8 heteroatoms. The maximum Gasteiger partial charge on any atom is 0.333 e. The normalized spacial score (nSPS) is 14.6. The van der Waals surface area contributed by atoms with E-state index < -0.39 is 11.9 Å². The van der Waals surface area contributed by atoms with Crippen molar-refractivity contribution in [2.75, 3.05) is 4.90 Å². The lowest BCUT2D eigenvalue weighted by Crippen LogP contribution is -2.27. The minimum Gasteiger partial charge on any atom is -0.272 e. The topological polar surface area (TPSA) is 73.2 Å². The number of rotatable bonds is 2. The van der Waals surface area contributed by atoms with Crippen LogP contribution in [-0.2, 0) is 4.79 Å². The van der Waals surface area contributed by atoms with Crippen molar-refractivity contribution in [1.29, 1.82) is 5.26 Å². The molecule has 96 valence electrons. The molecule has 0 aromatic heterocycles. The maximum atomic E-state index is 11.6. The molecule has 1 heterocycles. The molecule has 1 aliphatic rings. The Labute approximate surface area is 122 Å². The highest BCUT2D eigenvalue weighted by Crippen LogP contribution is 2.38. The van der Waals surface area contributed by atoms with Gasteiger partial charge in [-0.05, 0) is 23.9 Å². The lowest BCUT2D eigenvalue weighted by molar-refractivity contribution is -0.115. The first-order valence-corrected chi connectivity index (χ1v) is 6.42. The molecule has 0 aliphatic carbocycles. The van der Waals surface area contributed by atoms with Crippen LogP contribution in [-0.4, -0.2) is 11.9 Å². The minimum atomic E-state index is -0.622. The zero-order valence-electron chi connectivity index (χ0n) is 9.24. The maximum absolute atomic E-state index is 11.6. The number of hydrogen-bond donors (Lipinski definition) is 1. The molecule has 1 aliphatic heterocycles. The number of thioether (sulfide) groups is 1. The number of hydrogen-bond acceptors (Lipinski definition) is 4. The number of nitrogens with zero attached hydrogens (tertiary/aromatic N) is 2. The van der Waals surface area contributed by atoms with Crippen molar-refractivity contribution in [1.82, 2.24) is 5.32 Å². The molecular formula is C11H5Cl2N3O2S. The predicted octanol–water partition coefficient (Wildman–Crippen LogP) is 3.14. The number of nitrogens with one attached hydrogen (secondary N) is 1. The van der Waals surface area contributed by atoms with Gasteiger partial charge in [-0.3, -0.25) is 15.0 Å². The van der Waals surface area contributed by atoms with E-state index in [0.29, 0.717) is 10.6 Å². The summed E-state index contributed by atoms with van der Waals surface area (Å²) in [4.78, 5) is 24.4. The zero-order valence-corrected chi connectivity index (χ0v) is 11.6. The van der Waals surface area contributed by atoms with Gasteiger partial charge in [-0.1, -0.05) is 29.8 Å². The third kappa shape index (κ3) is 2.40. The van der Waals surface area contributed by atoms with Gasteiger partial charge < -0.3 is 0 Å². The molecule has 3 amide bonds. The Morgan fingerprint density at radius 3 is 2.32 bits per heavy atom. The standard InChI is InChI=1S/C11H5Cl2N3O2S/c1-5-10(17)15-11(18)16(5)6-2-7(12)9(19-4-14)8(13)3-6/h2-3H,1H2,(H,15,17,18). The average molecular weight is 314 g/mol. The number of halogens is 2. The molecule has 1 saturated heterocycles. The summed E-state index contributed by atoms with van der Waals surface area (Å²) in [5.74, 6) is -0.576. The molecule has 0 atom stereocenters. The van der Waals surface area contributed by atoms with Crippen molar-refractivity contribution in [3.8, 4) is 5.40 Å². The fourth-order valence-corrected chi connectivity index (χ4v) is 2.65. The van der Waals surface area contributed by atoms with Gasteiger partial charge in [0.2, 0.25) is 0 Å². The van der Waals surface area contributed by atoms with Gasteiger partial charge in [-0.2, -0.15) is 5.26 Å². The number of anilines is 1. The number of carbonyl (C=O) groups excluding carboxylic acids is 2. The van der Waals surface area contributed by atoms with Crippen LogP contribution in [0.15, 0.2) is 29.3 Å². The summed E-state index contributed by atoms with van der Waals surface area (Å²) < 4.78 is 0. The third-order valence-corrected chi connectivity index (χ3v) is 3.90. The van der Waals surface area contributed by atoms with Crippen LogP contribution in [0.4, 0.5) is 10.5 Å². The van der Waals surface area contributed by atoms with Crippen molar-refractivity contribution in [3.63, 3.8) is 0 Å². The Morgan fingerprint density at radius 2 is 1.89 bits per heavy atom. The monoisotopic (exact) mass is 313 g/mol. The van der Waals surface area contributed by atoms with Crippen LogP contribution in [0.5, 0.6) is 0 Å². The van der Waals surface area contributed by atoms with Crippen LogP contribution < -0.4 is 10.2 Å². The van der Waals surface area contributed by atoms with E-state index in [2.05, 4.69) is 11.9 Å². The van der Waals surface area contributed by atoms with Gasteiger partial charge in [0, 0.05) is 0 Å². The average Bonchev–Trinajstić information content (AvgIpc) is 2.58. The molecule has 1 aromatic rings. The Balaban J connectivity index is 2.48. The SMILES string of the molecule is C=C1C(=O)NC(=O)N1c1cc(Cl)c(SC#N)c(Cl)c1. The second-order valence-corrected chi connectivity index (χ2v) is 5.08. The molecule has 2 rings (SSSR count). The van der Waals surface area contributed by atoms with Crippen LogP contribution in [0.25, 0.3) is 0 Å². The summed E-state index contributed by atoms with van der Waals surface area (Å²) in [6, 6.07) is 2.26. The van der Waals surface area contributed by atoms with E-state index in [4.69, 9.17) is 28.5 Å². The number of urea groups is 1. The zero-order chi connectivity index (χ0) is 14.2. The largest absolute Gasteiger partial charge is 0.333 e. The summed E-state index contributed by atoms with van der Waals surface area (Å²) in [5.41, 5.74) is 0.295. The first-order chi connectivity index (χ1) is 8.95. The quantitative estimate of drug-likeness (QED) is 0.394.